The van der Waals surface area contributed by atoms with Gasteiger partial charge in [0.25, 0.3) is 0 Å². The van der Waals surface area contributed by atoms with Crippen LogP contribution in [0, 0.1) is 0 Å². The molecule has 1 aliphatic rings. The molecule has 2 rings (SSSR count). The average molecular weight is 337 g/mol. The van der Waals surface area contributed by atoms with Crippen LogP contribution < -0.4 is 10.2 Å². The van der Waals surface area contributed by atoms with Crippen LogP contribution in [0.4, 0.5) is 18.9 Å². The molecule has 1 fully saturated rings. The fourth-order valence-corrected chi connectivity index (χ4v) is 2.33. The maximum absolute atomic E-state index is 12.3. The highest BCUT2D eigenvalue weighted by atomic mass is 79.9. The molecule has 1 N–H and O–H groups in total. The van der Waals surface area contributed by atoms with E-state index in [2.05, 4.69) is 21.2 Å². The zero-order chi connectivity index (χ0) is 14.0. The molecule has 0 bridgehead atoms. The van der Waals surface area contributed by atoms with Crippen LogP contribution in [-0.2, 0) is 6.54 Å². The molecule has 0 unspecified atom stereocenters. The van der Waals surface area contributed by atoms with Crippen LogP contribution in [0.25, 0.3) is 0 Å². The van der Waals surface area contributed by atoms with E-state index >= 15 is 0 Å². The minimum atomic E-state index is -4.19. The number of benzene rings is 1. The van der Waals surface area contributed by atoms with Crippen LogP contribution in [0.1, 0.15) is 18.4 Å². The van der Waals surface area contributed by atoms with Crippen molar-refractivity contribution in [2.45, 2.75) is 31.6 Å². The van der Waals surface area contributed by atoms with Crippen molar-refractivity contribution in [2.24, 2.45) is 0 Å². The van der Waals surface area contributed by atoms with E-state index in [4.69, 9.17) is 0 Å². The minimum Gasteiger partial charge on any atom is -0.366 e. The molecule has 1 aromatic carbocycles. The lowest BCUT2D eigenvalue weighted by Gasteiger charge is -2.21. The van der Waals surface area contributed by atoms with Gasteiger partial charge in [0.2, 0.25) is 0 Å². The molecule has 0 amide bonds. The number of anilines is 1. The summed E-state index contributed by atoms with van der Waals surface area (Å²) < 4.78 is 37.8. The number of alkyl halides is 3. The first-order valence-electron chi connectivity index (χ1n) is 6.15. The molecule has 0 saturated heterocycles. The Morgan fingerprint density at radius 1 is 1.37 bits per heavy atom. The second kappa shape index (κ2) is 5.71. The third-order valence-electron chi connectivity index (χ3n) is 3.05. The second-order valence-corrected chi connectivity index (χ2v) is 5.76. The van der Waals surface area contributed by atoms with Gasteiger partial charge in [0.05, 0.1) is 0 Å². The zero-order valence-corrected chi connectivity index (χ0v) is 12.2. The SMILES string of the molecule is CN(CC(F)(F)F)c1ccc(CNC2CC2)c(Br)c1. The van der Waals surface area contributed by atoms with Gasteiger partial charge in [-0.3, -0.25) is 0 Å². The van der Waals surface area contributed by atoms with Gasteiger partial charge in [-0.2, -0.15) is 13.2 Å². The zero-order valence-electron chi connectivity index (χ0n) is 10.6. The molecule has 1 aliphatic carbocycles. The maximum Gasteiger partial charge on any atom is 0.405 e. The molecule has 6 heteroatoms. The summed E-state index contributed by atoms with van der Waals surface area (Å²) in [5.74, 6) is 0. The summed E-state index contributed by atoms with van der Waals surface area (Å²) >= 11 is 3.42. The van der Waals surface area contributed by atoms with E-state index in [0.29, 0.717) is 11.7 Å². The van der Waals surface area contributed by atoms with E-state index in [9.17, 15) is 13.2 Å². The van der Waals surface area contributed by atoms with E-state index in [-0.39, 0.29) is 0 Å². The summed E-state index contributed by atoms with van der Waals surface area (Å²) in [6, 6.07) is 5.93. The van der Waals surface area contributed by atoms with Crippen LogP contribution in [-0.4, -0.2) is 25.8 Å². The maximum atomic E-state index is 12.3. The highest BCUT2D eigenvalue weighted by Crippen LogP contribution is 2.27. The molecule has 0 spiro atoms. The molecular formula is C13H16BrF3N2. The first-order valence-corrected chi connectivity index (χ1v) is 6.94. The summed E-state index contributed by atoms with van der Waals surface area (Å²) in [6.07, 6.45) is -1.76. The first kappa shape index (κ1) is 14.7. The fraction of sp³-hybridized carbons (Fsp3) is 0.538. The van der Waals surface area contributed by atoms with Crippen molar-refractivity contribution >= 4 is 21.6 Å². The largest absolute Gasteiger partial charge is 0.405 e. The fourth-order valence-electron chi connectivity index (χ4n) is 1.82. The molecule has 0 heterocycles. The number of hydrogen-bond donors (Lipinski definition) is 1. The first-order chi connectivity index (χ1) is 8.85. The summed E-state index contributed by atoms with van der Waals surface area (Å²) in [4.78, 5) is 1.20. The van der Waals surface area contributed by atoms with Gasteiger partial charge in [0.1, 0.15) is 6.54 Å². The Hall–Kier alpha value is -0.750. The molecule has 0 radical (unpaired) electrons. The van der Waals surface area contributed by atoms with Crippen molar-refractivity contribution in [1.82, 2.24) is 5.32 Å². The normalized spacial score (nSPS) is 15.6. The van der Waals surface area contributed by atoms with Gasteiger partial charge >= 0.3 is 6.18 Å². The number of halogens is 4. The van der Waals surface area contributed by atoms with Gasteiger partial charge in [-0.15, -0.1) is 0 Å². The lowest BCUT2D eigenvalue weighted by atomic mass is 10.2. The molecule has 19 heavy (non-hydrogen) atoms. The van der Waals surface area contributed by atoms with Gasteiger partial charge in [0.15, 0.2) is 0 Å². The number of rotatable bonds is 5. The van der Waals surface area contributed by atoms with Crippen molar-refractivity contribution in [3.63, 3.8) is 0 Å². The summed E-state index contributed by atoms with van der Waals surface area (Å²) in [7, 11) is 1.44. The van der Waals surface area contributed by atoms with E-state index in [1.165, 1.54) is 24.8 Å². The van der Waals surface area contributed by atoms with Crippen LogP contribution in [0.3, 0.4) is 0 Å². The molecule has 106 valence electrons. The van der Waals surface area contributed by atoms with Crippen molar-refractivity contribution in [1.29, 1.82) is 0 Å². The number of nitrogens with zero attached hydrogens (tertiary/aromatic N) is 1. The summed E-state index contributed by atoms with van der Waals surface area (Å²) in [5.41, 5.74) is 1.62. The molecule has 0 aromatic heterocycles. The summed E-state index contributed by atoms with van der Waals surface area (Å²) in [5, 5.41) is 3.38. The Bertz CT molecular complexity index is 444. The van der Waals surface area contributed by atoms with Gasteiger partial charge in [-0.1, -0.05) is 22.0 Å². The Morgan fingerprint density at radius 2 is 2.05 bits per heavy atom. The van der Waals surface area contributed by atoms with E-state index in [0.717, 1.165) is 16.6 Å². The van der Waals surface area contributed by atoms with Crippen molar-refractivity contribution in [2.75, 3.05) is 18.5 Å². The molecular weight excluding hydrogens is 321 g/mol. The van der Waals surface area contributed by atoms with E-state index in [1.807, 2.05) is 6.07 Å². The van der Waals surface area contributed by atoms with Crippen LogP contribution in [0.5, 0.6) is 0 Å². The topological polar surface area (TPSA) is 15.3 Å². The quantitative estimate of drug-likeness (QED) is 0.881. The van der Waals surface area contributed by atoms with E-state index in [1.54, 1.807) is 12.1 Å². The third-order valence-corrected chi connectivity index (χ3v) is 3.79. The Kier molecular flexibility index (Phi) is 4.40. The third kappa shape index (κ3) is 4.69. The smallest absolute Gasteiger partial charge is 0.366 e. The van der Waals surface area contributed by atoms with Crippen LogP contribution in [0.2, 0.25) is 0 Å². The Morgan fingerprint density at radius 3 is 2.58 bits per heavy atom. The standard InChI is InChI=1S/C13H16BrF3N2/c1-19(8-13(15,16)17)11-5-2-9(12(14)6-11)7-18-10-3-4-10/h2,5-6,10,18H,3-4,7-8H2,1H3. The molecule has 1 saturated carbocycles. The van der Waals surface area contributed by atoms with Gasteiger partial charge in [0, 0.05) is 29.8 Å². The van der Waals surface area contributed by atoms with E-state index < -0.39 is 12.7 Å². The Balaban J connectivity index is 2.00. The minimum absolute atomic E-state index is 0.555. The van der Waals surface area contributed by atoms with Crippen molar-refractivity contribution in [3.05, 3.63) is 28.2 Å². The number of hydrogen-bond acceptors (Lipinski definition) is 2. The highest BCUT2D eigenvalue weighted by Gasteiger charge is 2.29. The predicted octanol–water partition coefficient (Wildman–Crippen LogP) is 3.70. The lowest BCUT2D eigenvalue weighted by molar-refractivity contribution is -0.119. The van der Waals surface area contributed by atoms with Crippen LogP contribution >= 0.6 is 15.9 Å². The lowest BCUT2D eigenvalue weighted by Crippen LogP contribution is -2.30. The molecule has 1 aromatic rings. The average Bonchev–Trinajstić information content (AvgIpc) is 3.08. The van der Waals surface area contributed by atoms with Gasteiger partial charge in [-0.25, -0.2) is 0 Å². The number of nitrogens with one attached hydrogen (secondary N) is 1. The second-order valence-electron chi connectivity index (χ2n) is 4.90. The van der Waals surface area contributed by atoms with Gasteiger partial charge in [-0.05, 0) is 30.5 Å². The predicted molar refractivity (Wildman–Crippen MR) is 73.3 cm³/mol. The molecule has 2 nitrogen and oxygen atoms in total. The van der Waals surface area contributed by atoms with Crippen LogP contribution in [0.15, 0.2) is 22.7 Å². The van der Waals surface area contributed by atoms with Gasteiger partial charge < -0.3 is 10.2 Å². The van der Waals surface area contributed by atoms with Crippen molar-refractivity contribution in [3.8, 4) is 0 Å². The Labute approximate surface area is 119 Å². The summed E-state index contributed by atoms with van der Waals surface area (Å²) in [6.45, 7) is -0.201. The highest BCUT2D eigenvalue weighted by molar-refractivity contribution is 9.10. The van der Waals surface area contributed by atoms with Crippen molar-refractivity contribution < 1.29 is 13.2 Å². The molecule has 0 aliphatic heterocycles. The molecule has 0 atom stereocenters. The monoisotopic (exact) mass is 336 g/mol.